The molecule has 1 aromatic heterocycles. The van der Waals surface area contributed by atoms with Gasteiger partial charge in [0.25, 0.3) is 0 Å². The Kier molecular flexibility index (Phi) is 7.56. The number of halogens is 1. The van der Waals surface area contributed by atoms with E-state index in [1.807, 2.05) is 36.7 Å². The quantitative estimate of drug-likeness (QED) is 0.223. The monoisotopic (exact) mass is 507 g/mol. The van der Waals surface area contributed by atoms with Gasteiger partial charge in [0.2, 0.25) is 6.79 Å². The number of imidazole rings is 1. The maximum Gasteiger partial charge on any atom is 0.231 e. The lowest BCUT2D eigenvalue weighted by atomic mass is 10.1. The van der Waals surface area contributed by atoms with Gasteiger partial charge in [0.05, 0.1) is 17.4 Å². The number of nitrogens with one attached hydrogen (secondary N) is 2. The van der Waals surface area contributed by atoms with E-state index in [-0.39, 0.29) is 24.0 Å². The Morgan fingerprint density at radius 2 is 1.93 bits per heavy atom. The van der Waals surface area contributed by atoms with Gasteiger partial charge in [-0.3, -0.25) is 4.99 Å². The predicted octanol–water partition coefficient (Wildman–Crippen LogP) is 3.18. The van der Waals surface area contributed by atoms with Gasteiger partial charge in [0.1, 0.15) is 0 Å². The van der Waals surface area contributed by atoms with Crippen LogP contribution in [0.2, 0.25) is 0 Å². The summed E-state index contributed by atoms with van der Waals surface area (Å²) in [5.41, 5.74) is 3.42. The number of hydrogen-bond acceptors (Lipinski definition) is 4. The van der Waals surface area contributed by atoms with Crippen LogP contribution >= 0.6 is 24.0 Å². The number of fused-ring (bicyclic) bond motifs is 2. The molecule has 2 heterocycles. The zero-order chi connectivity index (χ0) is 19.2. The first-order chi connectivity index (χ1) is 13.8. The Morgan fingerprint density at radius 3 is 2.83 bits per heavy atom. The van der Waals surface area contributed by atoms with Crippen LogP contribution in [0.25, 0.3) is 11.0 Å². The van der Waals surface area contributed by atoms with Crippen molar-refractivity contribution in [2.24, 2.45) is 4.99 Å². The highest BCUT2D eigenvalue weighted by Gasteiger charge is 2.12. The highest BCUT2D eigenvalue weighted by Crippen LogP contribution is 2.32. The Hall–Kier alpha value is -2.49. The van der Waals surface area contributed by atoms with E-state index in [0.29, 0.717) is 6.79 Å². The maximum absolute atomic E-state index is 5.43. The summed E-state index contributed by atoms with van der Waals surface area (Å²) >= 11 is 0. The van der Waals surface area contributed by atoms with Gasteiger partial charge >= 0.3 is 0 Å². The van der Waals surface area contributed by atoms with Crippen molar-refractivity contribution in [2.45, 2.75) is 19.4 Å². The second-order valence-corrected chi connectivity index (χ2v) is 6.64. The van der Waals surface area contributed by atoms with E-state index in [4.69, 9.17) is 9.47 Å². The molecule has 29 heavy (non-hydrogen) atoms. The van der Waals surface area contributed by atoms with Gasteiger partial charge in [-0.1, -0.05) is 18.2 Å². The molecule has 0 amide bonds. The van der Waals surface area contributed by atoms with E-state index in [1.54, 1.807) is 7.05 Å². The Balaban J connectivity index is 0.00000240. The Bertz CT molecular complexity index is 973. The summed E-state index contributed by atoms with van der Waals surface area (Å²) in [6, 6.07) is 14.3. The number of para-hydroxylation sites is 2. The molecule has 7 nitrogen and oxygen atoms in total. The van der Waals surface area contributed by atoms with Crippen molar-refractivity contribution >= 4 is 41.0 Å². The van der Waals surface area contributed by atoms with Crippen LogP contribution in [-0.4, -0.2) is 42.4 Å². The van der Waals surface area contributed by atoms with Gasteiger partial charge in [0, 0.05) is 26.7 Å². The van der Waals surface area contributed by atoms with Crippen LogP contribution in [0.5, 0.6) is 11.5 Å². The fourth-order valence-electron chi connectivity index (χ4n) is 3.29. The number of hydrogen-bond donors (Lipinski definition) is 2. The molecule has 0 aliphatic carbocycles. The molecule has 2 aromatic carbocycles. The molecule has 3 aromatic rings. The number of rotatable bonds is 7. The molecule has 0 spiro atoms. The number of benzene rings is 2. The molecule has 0 saturated heterocycles. The van der Waals surface area contributed by atoms with Crippen molar-refractivity contribution in [1.82, 2.24) is 20.2 Å². The van der Waals surface area contributed by atoms with Gasteiger partial charge in [-0.25, -0.2) is 4.98 Å². The van der Waals surface area contributed by atoms with E-state index in [1.165, 1.54) is 11.1 Å². The summed E-state index contributed by atoms with van der Waals surface area (Å²) in [5.74, 6) is 2.46. The van der Waals surface area contributed by atoms with Gasteiger partial charge in [-0.05, 0) is 42.7 Å². The highest BCUT2D eigenvalue weighted by atomic mass is 127. The lowest BCUT2D eigenvalue weighted by molar-refractivity contribution is 0.174. The second kappa shape index (κ2) is 10.3. The first-order valence-electron chi connectivity index (χ1n) is 9.56. The van der Waals surface area contributed by atoms with Crippen molar-refractivity contribution in [3.05, 3.63) is 54.4 Å². The molecule has 0 unspecified atom stereocenters. The Morgan fingerprint density at radius 1 is 1.10 bits per heavy atom. The smallest absolute Gasteiger partial charge is 0.231 e. The highest BCUT2D eigenvalue weighted by molar-refractivity contribution is 14.0. The molecule has 1 aliphatic rings. The first-order valence-corrected chi connectivity index (χ1v) is 9.56. The van der Waals surface area contributed by atoms with Crippen molar-refractivity contribution in [3.8, 4) is 11.5 Å². The van der Waals surface area contributed by atoms with Crippen LogP contribution in [0.4, 0.5) is 0 Å². The standard InChI is InChI=1S/C21H25N5O2.HI/c1-22-21(24-11-9-16-7-8-19-20(13-16)28-15-27-19)23-10-4-12-26-14-25-17-5-2-3-6-18(17)26;/h2-3,5-8,13-14H,4,9-12,15H2,1H3,(H2,22,23,24);1H. The molecule has 1 aliphatic heterocycles. The fourth-order valence-corrected chi connectivity index (χ4v) is 3.29. The number of ether oxygens (including phenoxy) is 2. The molecule has 0 bridgehead atoms. The largest absolute Gasteiger partial charge is 0.454 e. The Labute approximate surface area is 187 Å². The minimum atomic E-state index is 0. The van der Waals surface area contributed by atoms with Gasteiger partial charge in [-0.2, -0.15) is 0 Å². The summed E-state index contributed by atoms with van der Waals surface area (Å²) < 4.78 is 13.0. The number of aryl methyl sites for hydroxylation is 1. The molecular weight excluding hydrogens is 481 g/mol. The lowest BCUT2D eigenvalue weighted by Gasteiger charge is -2.12. The third-order valence-electron chi connectivity index (χ3n) is 4.76. The number of nitrogens with zero attached hydrogens (tertiary/aromatic N) is 3. The van der Waals surface area contributed by atoms with Gasteiger partial charge in [0.15, 0.2) is 17.5 Å². The predicted molar refractivity (Wildman–Crippen MR) is 125 cm³/mol. The van der Waals surface area contributed by atoms with E-state index in [9.17, 15) is 0 Å². The summed E-state index contributed by atoms with van der Waals surface area (Å²) in [4.78, 5) is 8.72. The van der Waals surface area contributed by atoms with Crippen LogP contribution in [0.1, 0.15) is 12.0 Å². The summed E-state index contributed by atoms with van der Waals surface area (Å²) in [6.07, 6.45) is 3.78. The SMILES string of the molecule is CN=C(NCCCn1cnc2ccccc21)NCCc1ccc2c(c1)OCO2.I. The van der Waals surface area contributed by atoms with Crippen LogP contribution < -0.4 is 20.1 Å². The third-order valence-corrected chi connectivity index (χ3v) is 4.76. The maximum atomic E-state index is 5.43. The van der Waals surface area contributed by atoms with Gasteiger partial charge in [-0.15, -0.1) is 24.0 Å². The van der Waals surface area contributed by atoms with E-state index < -0.39 is 0 Å². The summed E-state index contributed by atoms with van der Waals surface area (Å²) in [7, 11) is 1.79. The molecule has 8 heteroatoms. The molecule has 0 atom stereocenters. The zero-order valence-corrected chi connectivity index (χ0v) is 18.8. The topological polar surface area (TPSA) is 72.7 Å². The zero-order valence-electron chi connectivity index (χ0n) is 16.4. The van der Waals surface area contributed by atoms with Crippen LogP contribution in [0, 0.1) is 0 Å². The van der Waals surface area contributed by atoms with E-state index >= 15 is 0 Å². The minimum absolute atomic E-state index is 0. The van der Waals surface area contributed by atoms with E-state index in [0.717, 1.165) is 55.5 Å². The van der Waals surface area contributed by atoms with Crippen LogP contribution in [0.15, 0.2) is 53.8 Å². The van der Waals surface area contributed by atoms with Crippen molar-refractivity contribution in [1.29, 1.82) is 0 Å². The number of aliphatic imine (C=N–C) groups is 1. The first kappa shape index (κ1) is 21.2. The van der Waals surface area contributed by atoms with E-state index in [2.05, 4.69) is 37.3 Å². The fraction of sp³-hybridized carbons (Fsp3) is 0.333. The molecule has 154 valence electrons. The normalized spacial score (nSPS) is 12.7. The molecular formula is C21H26IN5O2. The summed E-state index contributed by atoms with van der Waals surface area (Å²) in [6.45, 7) is 2.87. The molecule has 0 radical (unpaired) electrons. The number of aromatic nitrogens is 2. The average Bonchev–Trinajstić information content (AvgIpc) is 3.36. The van der Waals surface area contributed by atoms with Crippen molar-refractivity contribution in [3.63, 3.8) is 0 Å². The van der Waals surface area contributed by atoms with Gasteiger partial charge < -0.3 is 24.7 Å². The average molecular weight is 507 g/mol. The third kappa shape index (κ3) is 5.31. The minimum Gasteiger partial charge on any atom is -0.454 e. The van der Waals surface area contributed by atoms with Crippen molar-refractivity contribution in [2.75, 3.05) is 26.9 Å². The van der Waals surface area contributed by atoms with Crippen LogP contribution in [-0.2, 0) is 13.0 Å². The molecule has 4 rings (SSSR count). The lowest BCUT2D eigenvalue weighted by Crippen LogP contribution is -2.38. The van der Waals surface area contributed by atoms with Crippen LogP contribution in [0.3, 0.4) is 0 Å². The number of guanidine groups is 1. The second-order valence-electron chi connectivity index (χ2n) is 6.64. The molecule has 0 saturated carbocycles. The van der Waals surface area contributed by atoms with Crippen molar-refractivity contribution < 1.29 is 9.47 Å². The molecule has 2 N–H and O–H groups in total. The summed E-state index contributed by atoms with van der Waals surface area (Å²) in [5, 5.41) is 6.72. The molecule has 0 fully saturated rings.